The molecule has 0 heterocycles. The van der Waals surface area contributed by atoms with E-state index in [-0.39, 0.29) is 18.4 Å². The summed E-state index contributed by atoms with van der Waals surface area (Å²) in [6.07, 6.45) is 1.94. The van der Waals surface area contributed by atoms with Gasteiger partial charge in [0.25, 0.3) is 0 Å². The van der Waals surface area contributed by atoms with Gasteiger partial charge in [0.2, 0.25) is 0 Å². The van der Waals surface area contributed by atoms with Crippen molar-refractivity contribution in [2.24, 2.45) is 11.5 Å². The monoisotopic (exact) mass is 278 g/mol. The van der Waals surface area contributed by atoms with Gasteiger partial charge in [-0.05, 0) is 37.1 Å². The first-order valence-electron chi connectivity index (χ1n) is 4.45. The van der Waals surface area contributed by atoms with E-state index in [1.807, 2.05) is 24.3 Å². The summed E-state index contributed by atoms with van der Waals surface area (Å²) in [4.78, 5) is 0. The van der Waals surface area contributed by atoms with Gasteiger partial charge in [-0.15, -0.1) is 12.4 Å². The van der Waals surface area contributed by atoms with Crippen LogP contribution in [0.5, 0.6) is 0 Å². The lowest BCUT2D eigenvalue weighted by Crippen LogP contribution is -2.12. The molecule has 0 saturated heterocycles. The second kappa shape index (κ2) is 7.23. The predicted octanol–water partition coefficient (Wildman–Crippen LogP) is 2.61. The van der Waals surface area contributed by atoms with Crippen molar-refractivity contribution in [1.82, 2.24) is 0 Å². The Morgan fingerprint density at radius 3 is 2.29 bits per heavy atom. The van der Waals surface area contributed by atoms with Gasteiger partial charge in [-0.2, -0.15) is 0 Å². The van der Waals surface area contributed by atoms with E-state index < -0.39 is 0 Å². The Kier molecular flexibility index (Phi) is 7.19. The van der Waals surface area contributed by atoms with E-state index in [4.69, 9.17) is 11.5 Å². The highest BCUT2D eigenvalue weighted by Crippen LogP contribution is 2.18. The van der Waals surface area contributed by atoms with Gasteiger partial charge < -0.3 is 11.5 Å². The minimum absolute atomic E-state index is 0. The molecule has 2 nitrogen and oxygen atoms in total. The molecule has 0 saturated carbocycles. The van der Waals surface area contributed by atoms with Crippen molar-refractivity contribution in [2.45, 2.75) is 18.9 Å². The minimum atomic E-state index is 0. The van der Waals surface area contributed by atoms with E-state index in [9.17, 15) is 0 Å². The van der Waals surface area contributed by atoms with Crippen LogP contribution < -0.4 is 11.5 Å². The third-order valence-electron chi connectivity index (χ3n) is 2.02. The maximum absolute atomic E-state index is 5.96. The number of hydrogen-bond donors (Lipinski definition) is 2. The van der Waals surface area contributed by atoms with E-state index >= 15 is 0 Å². The molecular weight excluding hydrogens is 263 g/mol. The van der Waals surface area contributed by atoms with Crippen LogP contribution in [-0.2, 0) is 0 Å². The average molecular weight is 280 g/mol. The lowest BCUT2D eigenvalue weighted by molar-refractivity contribution is 0.618. The number of rotatable bonds is 4. The molecule has 0 aliphatic heterocycles. The number of nitrogens with two attached hydrogens (primary N) is 2. The number of halogens is 2. The van der Waals surface area contributed by atoms with E-state index in [0.717, 1.165) is 17.3 Å². The van der Waals surface area contributed by atoms with Crippen molar-refractivity contribution in [3.05, 3.63) is 34.3 Å². The molecular formula is C10H16BrClN2. The molecule has 14 heavy (non-hydrogen) atoms. The number of hydrogen-bond acceptors (Lipinski definition) is 2. The van der Waals surface area contributed by atoms with Crippen LogP contribution in [0.3, 0.4) is 0 Å². The first-order chi connectivity index (χ1) is 6.24. The molecule has 0 aliphatic carbocycles. The summed E-state index contributed by atoms with van der Waals surface area (Å²) in [5.41, 5.74) is 12.6. The largest absolute Gasteiger partial charge is 0.330 e. The Morgan fingerprint density at radius 2 is 1.79 bits per heavy atom. The molecule has 0 bridgehead atoms. The van der Waals surface area contributed by atoms with Crippen molar-refractivity contribution in [3.63, 3.8) is 0 Å². The summed E-state index contributed by atoms with van der Waals surface area (Å²) in [5.74, 6) is 0. The maximum Gasteiger partial charge on any atom is 0.0295 e. The van der Waals surface area contributed by atoms with E-state index in [1.165, 1.54) is 5.56 Å². The van der Waals surface area contributed by atoms with Crippen LogP contribution in [0.1, 0.15) is 24.4 Å². The van der Waals surface area contributed by atoms with Crippen LogP contribution in [0.2, 0.25) is 0 Å². The lowest BCUT2D eigenvalue weighted by Gasteiger charge is -2.10. The highest BCUT2D eigenvalue weighted by molar-refractivity contribution is 9.10. The average Bonchev–Trinajstić information content (AvgIpc) is 2.15. The molecule has 0 amide bonds. The van der Waals surface area contributed by atoms with Gasteiger partial charge in [-0.3, -0.25) is 0 Å². The van der Waals surface area contributed by atoms with E-state index in [0.29, 0.717) is 6.54 Å². The zero-order valence-corrected chi connectivity index (χ0v) is 10.4. The Bertz CT molecular complexity index is 251. The summed E-state index contributed by atoms with van der Waals surface area (Å²) in [6.45, 7) is 0.713. The highest BCUT2D eigenvalue weighted by atomic mass is 79.9. The molecule has 0 radical (unpaired) electrons. The molecule has 0 aliphatic rings. The number of benzene rings is 1. The summed E-state index contributed by atoms with van der Waals surface area (Å²) in [7, 11) is 0. The normalized spacial score (nSPS) is 11.9. The van der Waals surface area contributed by atoms with Crippen LogP contribution in [0, 0.1) is 0 Å². The van der Waals surface area contributed by atoms with E-state index in [2.05, 4.69) is 15.9 Å². The third kappa shape index (κ3) is 4.42. The predicted molar refractivity (Wildman–Crippen MR) is 66.6 cm³/mol. The molecule has 0 spiro atoms. The zero-order valence-electron chi connectivity index (χ0n) is 7.95. The first kappa shape index (κ1) is 13.9. The van der Waals surface area contributed by atoms with Crippen LogP contribution in [0.4, 0.5) is 0 Å². The van der Waals surface area contributed by atoms with Gasteiger partial charge in [0.15, 0.2) is 0 Å². The molecule has 1 aromatic carbocycles. The second-order valence-electron chi connectivity index (χ2n) is 3.09. The second-order valence-corrected chi connectivity index (χ2v) is 4.00. The lowest BCUT2D eigenvalue weighted by atomic mass is 10.0. The summed E-state index contributed by atoms with van der Waals surface area (Å²) in [5, 5.41) is 0. The molecule has 80 valence electrons. The van der Waals surface area contributed by atoms with Gasteiger partial charge >= 0.3 is 0 Å². The van der Waals surface area contributed by atoms with Crippen molar-refractivity contribution in [1.29, 1.82) is 0 Å². The Morgan fingerprint density at radius 1 is 1.21 bits per heavy atom. The SMILES string of the molecule is Cl.NCCC[C@@H](N)c1ccc(Br)cc1. The van der Waals surface area contributed by atoms with Gasteiger partial charge in [0.05, 0.1) is 0 Å². The standard InChI is InChI=1S/C10H15BrN2.ClH/c11-9-5-3-8(4-6-9)10(13)2-1-7-12;/h3-6,10H,1-2,7,12-13H2;1H/t10-;/m1./s1. The van der Waals surface area contributed by atoms with Crippen LogP contribution in [0.15, 0.2) is 28.7 Å². The van der Waals surface area contributed by atoms with Gasteiger partial charge in [0, 0.05) is 10.5 Å². The summed E-state index contributed by atoms with van der Waals surface area (Å²) in [6, 6.07) is 8.24. The van der Waals surface area contributed by atoms with Crippen molar-refractivity contribution >= 4 is 28.3 Å². The smallest absolute Gasteiger partial charge is 0.0295 e. The molecule has 0 aromatic heterocycles. The van der Waals surface area contributed by atoms with Gasteiger partial charge in [-0.1, -0.05) is 28.1 Å². The Balaban J connectivity index is 0.00000169. The first-order valence-corrected chi connectivity index (χ1v) is 5.24. The molecule has 4 N–H and O–H groups in total. The molecule has 1 rings (SSSR count). The minimum Gasteiger partial charge on any atom is -0.330 e. The van der Waals surface area contributed by atoms with Crippen LogP contribution in [-0.4, -0.2) is 6.54 Å². The maximum atomic E-state index is 5.96. The molecule has 0 fully saturated rings. The van der Waals surface area contributed by atoms with Crippen molar-refractivity contribution in [3.8, 4) is 0 Å². The fraction of sp³-hybridized carbons (Fsp3) is 0.400. The fourth-order valence-electron chi connectivity index (χ4n) is 1.21. The topological polar surface area (TPSA) is 52.0 Å². The van der Waals surface area contributed by atoms with Gasteiger partial charge in [0.1, 0.15) is 0 Å². The van der Waals surface area contributed by atoms with Crippen LogP contribution in [0.25, 0.3) is 0 Å². The quantitative estimate of drug-likeness (QED) is 0.890. The fourth-order valence-corrected chi connectivity index (χ4v) is 1.48. The van der Waals surface area contributed by atoms with E-state index in [1.54, 1.807) is 0 Å². The Labute approximate surface area is 99.6 Å². The van der Waals surface area contributed by atoms with Gasteiger partial charge in [-0.25, -0.2) is 0 Å². The van der Waals surface area contributed by atoms with Crippen LogP contribution >= 0.6 is 28.3 Å². The Hall–Kier alpha value is -0.0900. The van der Waals surface area contributed by atoms with Crippen molar-refractivity contribution in [2.75, 3.05) is 6.54 Å². The third-order valence-corrected chi connectivity index (χ3v) is 2.55. The molecule has 1 atom stereocenters. The summed E-state index contributed by atoms with van der Waals surface area (Å²) >= 11 is 3.39. The van der Waals surface area contributed by atoms with Crippen molar-refractivity contribution < 1.29 is 0 Å². The zero-order chi connectivity index (χ0) is 9.68. The molecule has 1 aromatic rings. The highest BCUT2D eigenvalue weighted by Gasteiger charge is 2.03. The molecule has 4 heteroatoms. The molecule has 0 unspecified atom stereocenters. The summed E-state index contributed by atoms with van der Waals surface area (Å²) < 4.78 is 1.09.